The molecule has 0 saturated carbocycles. The van der Waals surface area contributed by atoms with Crippen molar-refractivity contribution >= 4 is 17.1 Å². The number of thiophene rings is 1. The summed E-state index contributed by atoms with van der Waals surface area (Å²) in [5.74, 6) is 6.27. The van der Waals surface area contributed by atoms with E-state index in [9.17, 15) is 4.79 Å². The number of Topliss-reactive ketones (excluding diaryl/α,β-unsaturated/α-hetero) is 1. The van der Waals surface area contributed by atoms with Gasteiger partial charge in [-0.15, -0.1) is 11.3 Å². The number of ketones is 1. The highest BCUT2D eigenvalue weighted by Gasteiger charge is 2.26. The summed E-state index contributed by atoms with van der Waals surface area (Å²) in [4.78, 5) is 18.2. The molecule has 3 rings (SSSR count). The lowest BCUT2D eigenvalue weighted by atomic mass is 10.0. The minimum Gasteiger partial charge on any atom is -0.337 e. The van der Waals surface area contributed by atoms with Gasteiger partial charge in [0.15, 0.2) is 0 Å². The summed E-state index contributed by atoms with van der Waals surface area (Å²) in [5.41, 5.74) is 0. The fourth-order valence-electron chi connectivity index (χ4n) is 3.24. The number of rotatable bonds is 8. The monoisotopic (exact) mass is 346 g/mol. The highest BCUT2D eigenvalue weighted by Crippen LogP contribution is 2.32. The Hall–Kier alpha value is -1.50. The first kappa shape index (κ1) is 17.3. The number of hydrogen-bond donors (Lipinski definition) is 1. The van der Waals surface area contributed by atoms with Crippen molar-refractivity contribution in [1.29, 1.82) is 0 Å². The molecule has 1 atom stereocenters. The number of hydrogen-bond acceptors (Lipinski definition) is 5. The van der Waals surface area contributed by atoms with Crippen LogP contribution in [0.4, 0.5) is 0 Å². The summed E-state index contributed by atoms with van der Waals surface area (Å²) in [5, 5.41) is 1.71. The van der Waals surface area contributed by atoms with Crippen molar-refractivity contribution in [2.75, 3.05) is 6.54 Å². The van der Waals surface area contributed by atoms with Gasteiger partial charge < -0.3 is 4.57 Å². The van der Waals surface area contributed by atoms with Crippen molar-refractivity contribution in [3.8, 4) is 0 Å². The zero-order valence-corrected chi connectivity index (χ0v) is 14.9. The molecule has 0 spiro atoms. The van der Waals surface area contributed by atoms with E-state index in [4.69, 9.17) is 5.84 Å². The third-order valence-electron chi connectivity index (χ3n) is 4.62. The third kappa shape index (κ3) is 4.75. The van der Waals surface area contributed by atoms with E-state index in [0.717, 1.165) is 19.4 Å². The van der Waals surface area contributed by atoms with E-state index >= 15 is 0 Å². The molecule has 0 bridgehead atoms. The molecule has 1 aliphatic heterocycles. The van der Waals surface area contributed by atoms with Crippen LogP contribution in [-0.2, 0) is 17.8 Å². The zero-order chi connectivity index (χ0) is 16.8. The van der Waals surface area contributed by atoms with E-state index < -0.39 is 0 Å². The minimum atomic E-state index is 0.219. The van der Waals surface area contributed by atoms with E-state index in [1.54, 1.807) is 5.01 Å². The molecule has 2 N–H and O–H groups in total. The third-order valence-corrected chi connectivity index (χ3v) is 5.86. The number of unbranched alkanes of at least 4 members (excludes halogenated alkanes) is 3. The number of hydrazine groups is 1. The van der Waals surface area contributed by atoms with E-state index in [0.29, 0.717) is 13.0 Å². The minimum absolute atomic E-state index is 0.219. The average Bonchev–Trinajstić information content (AvgIpc) is 3.22. The lowest BCUT2D eigenvalue weighted by molar-refractivity contribution is -0.123. The summed E-state index contributed by atoms with van der Waals surface area (Å²) < 4.78 is 2.14. The molecule has 1 unspecified atom stereocenters. The fourth-order valence-corrected chi connectivity index (χ4v) is 4.45. The molecule has 2 aromatic rings. The van der Waals surface area contributed by atoms with Gasteiger partial charge in [-0.05, 0) is 37.8 Å². The summed E-state index contributed by atoms with van der Waals surface area (Å²) >= 11 is 1.86. The van der Waals surface area contributed by atoms with Crippen LogP contribution in [0.25, 0.3) is 0 Å². The van der Waals surface area contributed by atoms with E-state index in [-0.39, 0.29) is 11.8 Å². The lowest BCUT2D eigenvalue weighted by Crippen LogP contribution is -2.42. The quantitative estimate of drug-likeness (QED) is 0.588. The van der Waals surface area contributed by atoms with Gasteiger partial charge in [0.1, 0.15) is 5.78 Å². The molecule has 24 heavy (non-hydrogen) atoms. The highest BCUT2D eigenvalue weighted by molar-refractivity contribution is 7.12. The van der Waals surface area contributed by atoms with Crippen LogP contribution in [0.2, 0.25) is 0 Å². The van der Waals surface area contributed by atoms with E-state index in [1.165, 1.54) is 35.4 Å². The lowest BCUT2D eigenvalue weighted by Gasteiger charge is -2.30. The second-order valence-corrected chi connectivity index (χ2v) is 7.73. The van der Waals surface area contributed by atoms with Crippen molar-refractivity contribution in [2.45, 2.75) is 57.5 Å². The van der Waals surface area contributed by atoms with Gasteiger partial charge in [-0.2, -0.15) is 0 Å². The van der Waals surface area contributed by atoms with Crippen LogP contribution in [0, 0.1) is 0 Å². The topological polar surface area (TPSA) is 64.2 Å². The molecule has 5 nitrogen and oxygen atoms in total. The van der Waals surface area contributed by atoms with Gasteiger partial charge in [-0.3, -0.25) is 10.6 Å². The van der Waals surface area contributed by atoms with Gasteiger partial charge in [0, 0.05) is 35.1 Å². The maximum atomic E-state index is 11.4. The predicted molar refractivity (Wildman–Crippen MR) is 96.6 cm³/mol. The van der Waals surface area contributed by atoms with Crippen molar-refractivity contribution in [2.24, 2.45) is 5.84 Å². The standard InChI is InChI=1S/C18H26N4OS/c19-22-13-15(23)6-8-17(22)18-9-7-16(24-18)5-3-1-2-4-11-21-12-10-20-14-21/h7,9-10,12,14,17H,1-6,8,11,13,19H2. The Bertz CT molecular complexity index is 637. The number of nitrogens with two attached hydrogens (primary N) is 1. The Morgan fingerprint density at radius 2 is 2.12 bits per heavy atom. The predicted octanol–water partition coefficient (Wildman–Crippen LogP) is 3.33. The zero-order valence-electron chi connectivity index (χ0n) is 14.1. The van der Waals surface area contributed by atoms with Gasteiger partial charge in [-0.25, -0.2) is 9.99 Å². The molecule has 2 aromatic heterocycles. The van der Waals surface area contributed by atoms with Crippen LogP contribution >= 0.6 is 11.3 Å². The normalized spacial score (nSPS) is 19.0. The Morgan fingerprint density at radius 3 is 2.92 bits per heavy atom. The Balaban J connectivity index is 1.36. The van der Waals surface area contributed by atoms with Crippen LogP contribution < -0.4 is 5.84 Å². The summed E-state index contributed by atoms with van der Waals surface area (Å²) in [7, 11) is 0. The van der Waals surface area contributed by atoms with Gasteiger partial charge in [0.25, 0.3) is 0 Å². The number of piperidine rings is 1. The SMILES string of the molecule is NN1CC(=O)CCC1c1ccc(CCCCCCn2ccnc2)s1. The van der Waals surface area contributed by atoms with Crippen LogP contribution in [0.1, 0.15) is 54.3 Å². The Morgan fingerprint density at radius 1 is 1.25 bits per heavy atom. The van der Waals surface area contributed by atoms with E-state index in [1.807, 2.05) is 30.1 Å². The molecule has 3 heterocycles. The second kappa shape index (κ2) is 8.55. The number of nitrogens with zero attached hydrogens (tertiary/aromatic N) is 3. The Labute approximate surface area is 147 Å². The van der Waals surface area contributed by atoms with Crippen LogP contribution in [0.15, 0.2) is 30.9 Å². The van der Waals surface area contributed by atoms with Crippen molar-refractivity contribution in [3.05, 3.63) is 40.6 Å². The maximum Gasteiger partial charge on any atom is 0.148 e. The summed E-state index contributed by atoms with van der Waals surface area (Å²) in [6.07, 6.45) is 13.4. The van der Waals surface area contributed by atoms with E-state index in [2.05, 4.69) is 21.7 Å². The molecule has 0 aromatic carbocycles. The fraction of sp³-hybridized carbons (Fsp3) is 0.556. The summed E-state index contributed by atoms with van der Waals surface area (Å²) in [6, 6.07) is 4.64. The first-order valence-corrected chi connectivity index (χ1v) is 9.61. The molecule has 1 saturated heterocycles. The molecule has 1 aliphatic rings. The molecular formula is C18H26N4OS. The van der Waals surface area contributed by atoms with Crippen molar-refractivity contribution < 1.29 is 4.79 Å². The van der Waals surface area contributed by atoms with Crippen LogP contribution in [0.3, 0.4) is 0 Å². The van der Waals surface area contributed by atoms with Crippen LogP contribution in [0.5, 0.6) is 0 Å². The van der Waals surface area contributed by atoms with Gasteiger partial charge >= 0.3 is 0 Å². The molecule has 0 radical (unpaired) electrons. The largest absolute Gasteiger partial charge is 0.337 e. The number of carbonyl (C=O) groups excluding carboxylic acids is 1. The smallest absolute Gasteiger partial charge is 0.148 e. The average molecular weight is 346 g/mol. The highest BCUT2D eigenvalue weighted by atomic mass is 32.1. The molecule has 130 valence electrons. The van der Waals surface area contributed by atoms with Gasteiger partial charge in [0.2, 0.25) is 0 Å². The number of carbonyl (C=O) groups is 1. The first-order valence-electron chi connectivity index (χ1n) is 8.80. The Kier molecular flexibility index (Phi) is 6.18. The second-order valence-electron chi connectivity index (χ2n) is 6.53. The van der Waals surface area contributed by atoms with Gasteiger partial charge in [0.05, 0.1) is 18.9 Å². The van der Waals surface area contributed by atoms with Gasteiger partial charge in [-0.1, -0.05) is 12.8 Å². The summed E-state index contributed by atoms with van der Waals surface area (Å²) in [6.45, 7) is 1.45. The molecular weight excluding hydrogens is 320 g/mol. The van der Waals surface area contributed by atoms with Crippen LogP contribution in [-0.4, -0.2) is 26.9 Å². The number of imidazole rings is 1. The first-order chi connectivity index (χ1) is 11.7. The molecule has 6 heteroatoms. The molecule has 0 aliphatic carbocycles. The number of aryl methyl sites for hydroxylation is 2. The molecule has 0 amide bonds. The number of aromatic nitrogens is 2. The maximum absolute atomic E-state index is 11.4. The van der Waals surface area contributed by atoms with Crippen molar-refractivity contribution in [3.63, 3.8) is 0 Å². The van der Waals surface area contributed by atoms with Crippen molar-refractivity contribution in [1.82, 2.24) is 14.6 Å². The molecule has 1 fully saturated rings.